The number of rotatable bonds is 9. The first-order valence-corrected chi connectivity index (χ1v) is 11.5. The fourth-order valence-electron chi connectivity index (χ4n) is 3.20. The van der Waals surface area contributed by atoms with Crippen LogP contribution in [0.2, 0.25) is 0 Å². The predicted octanol–water partition coefficient (Wildman–Crippen LogP) is 3.67. The van der Waals surface area contributed by atoms with E-state index in [4.69, 9.17) is 9.47 Å². The quantitative estimate of drug-likeness (QED) is 0.515. The van der Waals surface area contributed by atoms with Crippen molar-refractivity contribution >= 4 is 15.9 Å². The van der Waals surface area contributed by atoms with Crippen molar-refractivity contribution in [2.24, 2.45) is 0 Å². The molecule has 1 unspecified atom stereocenters. The molecule has 3 rings (SSSR count). The maximum absolute atomic E-state index is 12.8. The van der Waals surface area contributed by atoms with Crippen molar-refractivity contribution in [1.29, 1.82) is 0 Å². The van der Waals surface area contributed by atoms with Gasteiger partial charge in [0.25, 0.3) is 5.91 Å². The third-order valence-corrected chi connectivity index (χ3v) is 6.37. The van der Waals surface area contributed by atoms with Gasteiger partial charge in [0.05, 0.1) is 25.2 Å². The van der Waals surface area contributed by atoms with Crippen LogP contribution >= 0.6 is 0 Å². The normalized spacial score (nSPS) is 12.1. The molecule has 0 fully saturated rings. The second kappa shape index (κ2) is 10.3. The number of carbonyl (C=O) groups excluding carboxylic acids is 1. The summed E-state index contributed by atoms with van der Waals surface area (Å²) in [6.07, 6.45) is 0. The van der Waals surface area contributed by atoms with Gasteiger partial charge >= 0.3 is 0 Å². The van der Waals surface area contributed by atoms with Gasteiger partial charge in [-0.3, -0.25) is 4.79 Å². The number of sulfonamides is 1. The first-order chi connectivity index (χ1) is 15.3. The minimum Gasteiger partial charge on any atom is -0.497 e. The van der Waals surface area contributed by atoms with Crippen LogP contribution in [0.3, 0.4) is 0 Å². The van der Waals surface area contributed by atoms with Crippen molar-refractivity contribution in [3.8, 4) is 11.5 Å². The molecule has 0 aliphatic carbocycles. The maximum atomic E-state index is 12.8. The topological polar surface area (TPSA) is 93.7 Å². The predicted molar refractivity (Wildman–Crippen MR) is 122 cm³/mol. The Labute approximate surface area is 188 Å². The maximum Gasteiger partial charge on any atom is 0.251 e. The standard InChI is InChI=1S/C24H26N2O5S/c1-17(22-15-20(30-2)12-13-23(22)31-3)26-24(27)19-10-7-11-21(14-19)32(28,29)25-16-18-8-5-4-6-9-18/h4-15,17,25H,16H2,1-3H3,(H,26,27). The smallest absolute Gasteiger partial charge is 0.251 e. The first kappa shape index (κ1) is 23.3. The summed E-state index contributed by atoms with van der Waals surface area (Å²) in [7, 11) is -0.667. The van der Waals surface area contributed by atoms with Crippen LogP contribution in [-0.2, 0) is 16.6 Å². The summed E-state index contributed by atoms with van der Waals surface area (Å²) < 4.78 is 38.6. The lowest BCUT2D eigenvalue weighted by molar-refractivity contribution is 0.0939. The zero-order valence-corrected chi connectivity index (χ0v) is 19.0. The average molecular weight is 455 g/mol. The van der Waals surface area contributed by atoms with Crippen LogP contribution < -0.4 is 19.5 Å². The van der Waals surface area contributed by atoms with Gasteiger partial charge in [0.1, 0.15) is 11.5 Å². The summed E-state index contributed by atoms with van der Waals surface area (Å²) in [4.78, 5) is 12.9. The van der Waals surface area contributed by atoms with E-state index >= 15 is 0 Å². The zero-order valence-electron chi connectivity index (χ0n) is 18.2. The summed E-state index contributed by atoms with van der Waals surface area (Å²) in [6.45, 7) is 1.98. The Balaban J connectivity index is 1.75. The Hall–Kier alpha value is -3.36. The molecule has 1 amide bonds. The molecule has 0 bridgehead atoms. The summed E-state index contributed by atoms with van der Waals surface area (Å²) in [5, 5.41) is 2.89. The second-order valence-electron chi connectivity index (χ2n) is 7.14. The molecule has 7 nitrogen and oxygen atoms in total. The summed E-state index contributed by atoms with van der Waals surface area (Å²) in [5.74, 6) is 0.849. The van der Waals surface area contributed by atoms with Crippen molar-refractivity contribution in [3.63, 3.8) is 0 Å². The van der Waals surface area contributed by atoms with E-state index < -0.39 is 22.0 Å². The monoisotopic (exact) mass is 454 g/mol. The van der Waals surface area contributed by atoms with E-state index in [1.54, 1.807) is 44.6 Å². The van der Waals surface area contributed by atoms with Crippen LogP contribution in [-0.4, -0.2) is 28.5 Å². The molecule has 0 aliphatic rings. The minimum absolute atomic E-state index is 0.0210. The van der Waals surface area contributed by atoms with Crippen molar-refractivity contribution in [2.75, 3.05) is 14.2 Å². The van der Waals surface area contributed by atoms with Crippen LogP contribution in [0.5, 0.6) is 11.5 Å². The molecule has 0 aliphatic heterocycles. The number of ether oxygens (including phenoxy) is 2. The SMILES string of the molecule is COc1ccc(OC)c(C(C)NC(=O)c2cccc(S(=O)(=O)NCc3ccccc3)c2)c1. The Kier molecular flexibility index (Phi) is 7.50. The molecular formula is C24H26N2O5S. The van der Waals surface area contributed by atoms with Crippen LogP contribution in [0.1, 0.15) is 34.5 Å². The lowest BCUT2D eigenvalue weighted by Crippen LogP contribution is -2.28. The summed E-state index contributed by atoms with van der Waals surface area (Å²) >= 11 is 0. The highest BCUT2D eigenvalue weighted by molar-refractivity contribution is 7.89. The lowest BCUT2D eigenvalue weighted by atomic mass is 10.1. The van der Waals surface area contributed by atoms with E-state index in [1.165, 1.54) is 12.1 Å². The number of carbonyl (C=O) groups is 1. The lowest BCUT2D eigenvalue weighted by Gasteiger charge is -2.18. The molecule has 0 radical (unpaired) electrons. The highest BCUT2D eigenvalue weighted by Crippen LogP contribution is 2.29. The molecule has 2 N–H and O–H groups in total. The number of nitrogens with one attached hydrogen (secondary N) is 2. The third kappa shape index (κ3) is 5.66. The van der Waals surface area contributed by atoms with Gasteiger partial charge in [0.15, 0.2) is 0 Å². The number of methoxy groups -OCH3 is 2. The number of amides is 1. The molecule has 0 saturated carbocycles. The Morgan fingerprint density at radius 3 is 2.38 bits per heavy atom. The molecular weight excluding hydrogens is 428 g/mol. The van der Waals surface area contributed by atoms with E-state index in [-0.39, 0.29) is 17.0 Å². The zero-order chi connectivity index (χ0) is 23.1. The molecule has 1 atom stereocenters. The third-order valence-electron chi connectivity index (χ3n) is 4.97. The molecule has 3 aromatic carbocycles. The van der Waals surface area contributed by atoms with Crippen molar-refractivity contribution in [1.82, 2.24) is 10.0 Å². The highest BCUT2D eigenvalue weighted by Gasteiger charge is 2.19. The largest absolute Gasteiger partial charge is 0.497 e. The van der Waals surface area contributed by atoms with Gasteiger partial charge in [0, 0.05) is 17.7 Å². The van der Waals surface area contributed by atoms with E-state index in [0.717, 1.165) is 11.1 Å². The van der Waals surface area contributed by atoms with Crippen LogP contribution in [0.25, 0.3) is 0 Å². The molecule has 0 spiro atoms. The fraction of sp³-hybridized carbons (Fsp3) is 0.208. The van der Waals surface area contributed by atoms with E-state index in [0.29, 0.717) is 11.5 Å². The molecule has 8 heteroatoms. The molecule has 3 aromatic rings. The van der Waals surface area contributed by atoms with Crippen molar-refractivity contribution in [3.05, 3.63) is 89.5 Å². The van der Waals surface area contributed by atoms with Crippen LogP contribution in [0.4, 0.5) is 0 Å². The van der Waals surface area contributed by atoms with E-state index in [2.05, 4.69) is 10.0 Å². The number of benzene rings is 3. The van der Waals surface area contributed by atoms with Gasteiger partial charge < -0.3 is 14.8 Å². The van der Waals surface area contributed by atoms with Crippen LogP contribution in [0, 0.1) is 0 Å². The molecule has 0 heterocycles. The van der Waals surface area contributed by atoms with Gasteiger partial charge in [-0.1, -0.05) is 36.4 Å². The molecule has 32 heavy (non-hydrogen) atoms. The molecule has 0 saturated heterocycles. The first-order valence-electron chi connectivity index (χ1n) is 10.0. The van der Waals surface area contributed by atoms with Gasteiger partial charge in [-0.15, -0.1) is 0 Å². The van der Waals surface area contributed by atoms with Crippen LogP contribution in [0.15, 0.2) is 77.7 Å². The van der Waals surface area contributed by atoms with Crippen molar-refractivity contribution in [2.45, 2.75) is 24.4 Å². The molecule has 0 aromatic heterocycles. The Bertz CT molecular complexity index is 1180. The Morgan fingerprint density at radius 1 is 0.938 bits per heavy atom. The van der Waals surface area contributed by atoms with Gasteiger partial charge in [-0.25, -0.2) is 13.1 Å². The number of hydrogen-bond acceptors (Lipinski definition) is 5. The van der Waals surface area contributed by atoms with Gasteiger partial charge in [-0.05, 0) is 48.9 Å². The number of hydrogen-bond donors (Lipinski definition) is 2. The van der Waals surface area contributed by atoms with Gasteiger partial charge in [0.2, 0.25) is 10.0 Å². The average Bonchev–Trinajstić information content (AvgIpc) is 2.83. The Morgan fingerprint density at radius 2 is 1.69 bits per heavy atom. The fourth-order valence-corrected chi connectivity index (χ4v) is 4.26. The van der Waals surface area contributed by atoms with Crippen molar-refractivity contribution < 1.29 is 22.7 Å². The van der Waals surface area contributed by atoms with E-state index in [9.17, 15) is 13.2 Å². The second-order valence-corrected chi connectivity index (χ2v) is 8.91. The highest BCUT2D eigenvalue weighted by atomic mass is 32.2. The van der Waals surface area contributed by atoms with Gasteiger partial charge in [-0.2, -0.15) is 0 Å². The molecule has 168 valence electrons. The summed E-state index contributed by atoms with van der Waals surface area (Å²) in [6, 6.07) is 20.1. The summed E-state index contributed by atoms with van der Waals surface area (Å²) in [5.41, 5.74) is 1.82. The van der Waals surface area contributed by atoms with E-state index in [1.807, 2.05) is 37.3 Å². The minimum atomic E-state index is -3.78.